The molecule has 0 N–H and O–H groups in total. The third kappa shape index (κ3) is 1.39. The van der Waals surface area contributed by atoms with E-state index >= 15 is 0 Å². The van der Waals surface area contributed by atoms with E-state index in [1.165, 1.54) is 13.2 Å². The van der Waals surface area contributed by atoms with E-state index in [4.69, 9.17) is 14.2 Å². The van der Waals surface area contributed by atoms with E-state index in [0.717, 1.165) is 18.6 Å². The van der Waals surface area contributed by atoms with Crippen LogP contribution in [0.25, 0.3) is 0 Å². The highest BCUT2D eigenvalue weighted by atomic mass is 16.6. The van der Waals surface area contributed by atoms with Crippen molar-refractivity contribution in [2.75, 3.05) is 13.7 Å². The maximum absolute atomic E-state index is 10.9. The van der Waals surface area contributed by atoms with Crippen LogP contribution in [0.4, 0.5) is 0 Å². The summed E-state index contributed by atoms with van der Waals surface area (Å²) in [5, 5.41) is 0. The molecule has 2 rings (SSSR count). The predicted octanol–water partition coefficient (Wildman–Crippen LogP) is 1.10. The van der Waals surface area contributed by atoms with Crippen molar-refractivity contribution >= 4 is 5.97 Å². The van der Waals surface area contributed by atoms with Gasteiger partial charge in [-0.15, -0.1) is 0 Å². The Morgan fingerprint density at radius 3 is 3.00 bits per heavy atom. The quantitative estimate of drug-likeness (QED) is 0.569. The lowest BCUT2D eigenvalue weighted by Crippen LogP contribution is -1.97. The van der Waals surface area contributed by atoms with Crippen molar-refractivity contribution in [3.05, 3.63) is 23.4 Å². The molecule has 1 saturated heterocycles. The summed E-state index contributed by atoms with van der Waals surface area (Å²) >= 11 is 0. The summed E-state index contributed by atoms with van der Waals surface area (Å²) in [6.07, 6.45) is 3.10. The maximum Gasteiger partial charge on any atom is 0.340 e. The van der Waals surface area contributed by atoms with Gasteiger partial charge in [0, 0.05) is 6.42 Å². The molecule has 2 aliphatic rings. The third-order valence-electron chi connectivity index (χ3n) is 1.97. The molecular weight excluding hydrogens is 172 g/mol. The summed E-state index contributed by atoms with van der Waals surface area (Å²) in [5.74, 6) is 1.24. The van der Waals surface area contributed by atoms with E-state index < -0.39 is 5.97 Å². The summed E-state index contributed by atoms with van der Waals surface area (Å²) < 4.78 is 15.2. The predicted molar refractivity (Wildman–Crippen MR) is 43.4 cm³/mol. The standard InChI is InChI=1S/C9H10O4/c1-11-7-5-8(10)13-9(7)6-3-2-4-12-6/h5H,2-4H2,1H3/b9-6+. The topological polar surface area (TPSA) is 44.8 Å². The minimum atomic E-state index is -0.394. The van der Waals surface area contributed by atoms with E-state index in [-0.39, 0.29) is 0 Å². The van der Waals surface area contributed by atoms with Crippen molar-refractivity contribution in [1.29, 1.82) is 0 Å². The molecule has 4 nitrogen and oxygen atoms in total. The van der Waals surface area contributed by atoms with Crippen LogP contribution in [0.5, 0.6) is 0 Å². The van der Waals surface area contributed by atoms with Crippen LogP contribution in [0.1, 0.15) is 12.8 Å². The van der Waals surface area contributed by atoms with Crippen LogP contribution in [0.3, 0.4) is 0 Å². The summed E-state index contributed by atoms with van der Waals surface area (Å²) in [5.41, 5.74) is 0. The lowest BCUT2D eigenvalue weighted by molar-refractivity contribution is -0.132. The SMILES string of the molecule is COC1=CC(=O)O/C1=C1\CCCO1. The maximum atomic E-state index is 10.9. The summed E-state index contributed by atoms with van der Waals surface area (Å²) in [4.78, 5) is 10.9. The number of hydrogen-bond acceptors (Lipinski definition) is 4. The Kier molecular flexibility index (Phi) is 1.96. The number of cyclic esters (lactones) is 1. The van der Waals surface area contributed by atoms with Crippen molar-refractivity contribution in [3.8, 4) is 0 Å². The van der Waals surface area contributed by atoms with Gasteiger partial charge < -0.3 is 14.2 Å². The number of hydrogen-bond donors (Lipinski definition) is 0. The molecule has 13 heavy (non-hydrogen) atoms. The van der Waals surface area contributed by atoms with Gasteiger partial charge in [0.25, 0.3) is 0 Å². The van der Waals surface area contributed by atoms with Crippen LogP contribution in [0.2, 0.25) is 0 Å². The monoisotopic (exact) mass is 182 g/mol. The van der Waals surface area contributed by atoms with Gasteiger partial charge in [-0.3, -0.25) is 0 Å². The Hall–Kier alpha value is -1.45. The Labute approximate surface area is 75.8 Å². The lowest BCUT2D eigenvalue weighted by atomic mass is 10.2. The average Bonchev–Trinajstić information content (AvgIpc) is 2.71. The van der Waals surface area contributed by atoms with Gasteiger partial charge in [-0.1, -0.05) is 0 Å². The molecule has 0 bridgehead atoms. The zero-order valence-electron chi connectivity index (χ0n) is 7.33. The first-order valence-corrected chi connectivity index (χ1v) is 4.15. The van der Waals surface area contributed by atoms with Crippen LogP contribution < -0.4 is 0 Å². The zero-order chi connectivity index (χ0) is 9.26. The molecule has 0 radical (unpaired) electrons. The number of rotatable bonds is 1. The van der Waals surface area contributed by atoms with Gasteiger partial charge in [0.1, 0.15) is 5.76 Å². The van der Waals surface area contributed by atoms with Crippen molar-refractivity contribution in [2.45, 2.75) is 12.8 Å². The molecule has 0 atom stereocenters. The van der Waals surface area contributed by atoms with Crippen molar-refractivity contribution in [2.24, 2.45) is 0 Å². The minimum Gasteiger partial charge on any atom is -0.494 e. The molecule has 0 saturated carbocycles. The van der Waals surface area contributed by atoms with E-state index in [1.807, 2.05) is 0 Å². The minimum absolute atomic E-state index is 0.394. The van der Waals surface area contributed by atoms with E-state index in [1.54, 1.807) is 0 Å². The Bertz CT molecular complexity index is 293. The van der Waals surface area contributed by atoms with Gasteiger partial charge in [0.2, 0.25) is 5.76 Å². The first kappa shape index (κ1) is 8.16. The van der Waals surface area contributed by atoms with E-state index in [0.29, 0.717) is 18.1 Å². The molecule has 0 aromatic carbocycles. The molecule has 0 aromatic rings. The van der Waals surface area contributed by atoms with Crippen molar-refractivity contribution in [3.63, 3.8) is 0 Å². The molecule has 2 aliphatic heterocycles. The highest BCUT2D eigenvalue weighted by Gasteiger charge is 2.27. The van der Waals surface area contributed by atoms with Gasteiger partial charge in [-0.25, -0.2) is 4.79 Å². The summed E-state index contributed by atoms with van der Waals surface area (Å²) in [6, 6.07) is 0. The fraction of sp³-hybridized carbons (Fsp3) is 0.444. The molecular formula is C9H10O4. The second-order valence-corrected chi connectivity index (χ2v) is 2.84. The highest BCUT2D eigenvalue weighted by molar-refractivity contribution is 5.87. The molecule has 4 heteroatoms. The number of carbonyl (C=O) groups excluding carboxylic acids is 1. The molecule has 0 spiro atoms. The van der Waals surface area contributed by atoms with Gasteiger partial charge in [-0.05, 0) is 6.42 Å². The Morgan fingerprint density at radius 1 is 1.54 bits per heavy atom. The van der Waals surface area contributed by atoms with Crippen molar-refractivity contribution in [1.82, 2.24) is 0 Å². The van der Waals surface area contributed by atoms with Gasteiger partial charge in [0.05, 0.1) is 19.8 Å². The Morgan fingerprint density at radius 2 is 2.38 bits per heavy atom. The van der Waals surface area contributed by atoms with E-state index in [9.17, 15) is 4.79 Å². The smallest absolute Gasteiger partial charge is 0.340 e. The number of esters is 1. The van der Waals surface area contributed by atoms with Crippen LogP contribution in [-0.2, 0) is 19.0 Å². The molecule has 2 heterocycles. The number of methoxy groups -OCH3 is 1. The molecule has 0 amide bonds. The lowest BCUT2D eigenvalue weighted by Gasteiger charge is -2.05. The van der Waals surface area contributed by atoms with Crippen LogP contribution in [-0.4, -0.2) is 19.7 Å². The van der Waals surface area contributed by atoms with E-state index in [2.05, 4.69) is 0 Å². The highest BCUT2D eigenvalue weighted by Crippen LogP contribution is 2.29. The molecule has 0 aromatic heterocycles. The van der Waals surface area contributed by atoms with Crippen LogP contribution in [0.15, 0.2) is 23.4 Å². The summed E-state index contributed by atoms with van der Waals surface area (Å²) in [7, 11) is 1.50. The molecule has 0 aliphatic carbocycles. The second-order valence-electron chi connectivity index (χ2n) is 2.84. The fourth-order valence-corrected chi connectivity index (χ4v) is 1.38. The van der Waals surface area contributed by atoms with Crippen LogP contribution in [0, 0.1) is 0 Å². The van der Waals surface area contributed by atoms with Gasteiger partial charge in [-0.2, -0.15) is 0 Å². The number of allylic oxidation sites excluding steroid dienone is 1. The zero-order valence-corrected chi connectivity index (χ0v) is 7.33. The third-order valence-corrected chi connectivity index (χ3v) is 1.97. The number of carbonyl (C=O) groups is 1. The number of ether oxygens (including phenoxy) is 3. The first-order valence-electron chi connectivity index (χ1n) is 4.15. The second kappa shape index (κ2) is 3.12. The summed E-state index contributed by atoms with van der Waals surface area (Å²) in [6.45, 7) is 0.688. The van der Waals surface area contributed by atoms with Gasteiger partial charge >= 0.3 is 5.97 Å². The molecule has 0 unspecified atom stereocenters. The first-order chi connectivity index (χ1) is 6.31. The average molecular weight is 182 g/mol. The Balaban J connectivity index is 2.29. The normalized spacial score (nSPS) is 26.8. The van der Waals surface area contributed by atoms with Crippen LogP contribution >= 0.6 is 0 Å². The van der Waals surface area contributed by atoms with Gasteiger partial charge in [0.15, 0.2) is 5.76 Å². The molecule has 1 fully saturated rings. The largest absolute Gasteiger partial charge is 0.494 e. The fourth-order valence-electron chi connectivity index (χ4n) is 1.38. The molecule has 70 valence electrons. The van der Waals surface area contributed by atoms with Crippen molar-refractivity contribution < 1.29 is 19.0 Å².